The van der Waals surface area contributed by atoms with Crippen LogP contribution in [-0.4, -0.2) is 67.0 Å². The summed E-state index contributed by atoms with van der Waals surface area (Å²) in [4.78, 5) is 32.5. The minimum Gasteiger partial charge on any atom is -0.497 e. The van der Waals surface area contributed by atoms with Gasteiger partial charge >= 0.3 is 0 Å². The van der Waals surface area contributed by atoms with E-state index in [1.54, 1.807) is 56.7 Å². The first-order valence-corrected chi connectivity index (χ1v) is 14.0. The van der Waals surface area contributed by atoms with Crippen molar-refractivity contribution in [1.29, 1.82) is 0 Å². The summed E-state index contributed by atoms with van der Waals surface area (Å²) >= 11 is 6.12. The Morgan fingerprint density at radius 3 is 2.32 bits per heavy atom. The standard InChI is InChI=1S/C30H40ClN3O4/c1-5-30(2,29(36)32-24-17-25(37-3)19-26(18-24)38-4)34(28(35)21-11-13-23(31)14-12-21)20-22-9-8-16-33-15-7-6-10-27(22)33/h11-14,17-19,22,27H,5-10,15-16,20H2,1-4H3,(H,32,36)/t22-,27+,30+/m0/s1. The number of nitrogens with one attached hydrogen (secondary N) is 1. The maximum absolute atomic E-state index is 14.1. The Bertz CT molecular complexity index is 1100. The SMILES string of the molecule is CC[C@](C)(C(=O)Nc1cc(OC)cc(OC)c1)N(C[C@@H]1CCCN2CCCC[C@H]12)C(=O)c1ccc(Cl)cc1. The number of piperidine rings is 2. The van der Waals surface area contributed by atoms with Crippen LogP contribution in [0.4, 0.5) is 5.69 Å². The van der Waals surface area contributed by atoms with Crippen LogP contribution in [0.15, 0.2) is 42.5 Å². The third-order valence-corrected chi connectivity index (χ3v) is 8.62. The molecule has 0 aliphatic carbocycles. The normalized spacial score (nSPS) is 21.1. The van der Waals surface area contributed by atoms with Gasteiger partial charge in [-0.2, -0.15) is 0 Å². The molecule has 2 heterocycles. The number of rotatable bonds is 9. The third-order valence-electron chi connectivity index (χ3n) is 8.36. The van der Waals surface area contributed by atoms with Gasteiger partial charge in [-0.15, -0.1) is 0 Å². The molecule has 2 amide bonds. The fourth-order valence-corrected chi connectivity index (χ4v) is 6.03. The van der Waals surface area contributed by atoms with Gasteiger partial charge in [0.15, 0.2) is 0 Å². The highest BCUT2D eigenvalue weighted by atomic mass is 35.5. The van der Waals surface area contributed by atoms with Gasteiger partial charge in [-0.3, -0.25) is 9.59 Å². The van der Waals surface area contributed by atoms with Crippen LogP contribution in [0.3, 0.4) is 0 Å². The van der Waals surface area contributed by atoms with Gasteiger partial charge in [0.2, 0.25) is 5.91 Å². The van der Waals surface area contributed by atoms with E-state index in [1.165, 1.54) is 12.8 Å². The summed E-state index contributed by atoms with van der Waals surface area (Å²) in [6.45, 7) is 6.60. The Labute approximate surface area is 231 Å². The van der Waals surface area contributed by atoms with Crippen LogP contribution in [0.2, 0.25) is 5.02 Å². The Morgan fingerprint density at radius 2 is 1.68 bits per heavy atom. The maximum atomic E-state index is 14.1. The number of ether oxygens (including phenoxy) is 2. The predicted octanol–water partition coefficient (Wildman–Crippen LogP) is 5.87. The minimum absolute atomic E-state index is 0.155. The van der Waals surface area contributed by atoms with Crippen LogP contribution in [0.25, 0.3) is 0 Å². The molecule has 0 saturated carbocycles. The summed E-state index contributed by atoms with van der Waals surface area (Å²) in [5.74, 6) is 1.07. The summed E-state index contributed by atoms with van der Waals surface area (Å²) < 4.78 is 10.8. The first-order chi connectivity index (χ1) is 18.3. The second-order valence-electron chi connectivity index (χ2n) is 10.6. The number of hydrogen-bond acceptors (Lipinski definition) is 5. The number of methoxy groups -OCH3 is 2. The molecule has 0 spiro atoms. The summed E-state index contributed by atoms with van der Waals surface area (Å²) in [6, 6.07) is 12.6. The predicted molar refractivity (Wildman–Crippen MR) is 151 cm³/mol. The average Bonchev–Trinajstić information content (AvgIpc) is 2.95. The third kappa shape index (κ3) is 6.10. The maximum Gasteiger partial charge on any atom is 0.254 e. The number of hydrogen-bond donors (Lipinski definition) is 1. The number of benzene rings is 2. The summed E-state index contributed by atoms with van der Waals surface area (Å²) in [6.07, 6.45) is 6.22. The molecule has 38 heavy (non-hydrogen) atoms. The molecule has 2 aliphatic rings. The van der Waals surface area contributed by atoms with E-state index in [0.717, 1.165) is 32.4 Å². The van der Waals surface area contributed by atoms with Crippen molar-refractivity contribution in [2.45, 2.75) is 64.0 Å². The molecule has 7 nitrogen and oxygen atoms in total. The molecule has 0 aromatic heterocycles. The molecular formula is C30H40ClN3O4. The summed E-state index contributed by atoms with van der Waals surface area (Å²) in [5.41, 5.74) is 0.00591. The highest BCUT2D eigenvalue weighted by Gasteiger charge is 2.44. The van der Waals surface area contributed by atoms with Gasteiger partial charge in [0.25, 0.3) is 5.91 Å². The summed E-state index contributed by atoms with van der Waals surface area (Å²) in [5, 5.41) is 3.62. The first-order valence-electron chi connectivity index (χ1n) is 13.6. The number of nitrogens with zero attached hydrogens (tertiary/aromatic N) is 2. The van der Waals surface area contributed by atoms with Gasteiger partial charge in [-0.25, -0.2) is 0 Å². The minimum atomic E-state index is -1.08. The Kier molecular flexibility index (Phi) is 9.21. The zero-order chi connectivity index (χ0) is 27.3. The molecule has 3 atom stereocenters. The van der Waals surface area contributed by atoms with E-state index in [4.69, 9.17) is 21.1 Å². The van der Waals surface area contributed by atoms with Crippen molar-refractivity contribution in [3.63, 3.8) is 0 Å². The number of anilines is 1. The van der Waals surface area contributed by atoms with E-state index in [0.29, 0.717) is 52.7 Å². The quantitative estimate of drug-likeness (QED) is 0.430. The number of carbonyl (C=O) groups is 2. The molecule has 206 valence electrons. The molecule has 4 rings (SSSR count). The lowest BCUT2D eigenvalue weighted by atomic mass is 9.81. The van der Waals surface area contributed by atoms with Crippen LogP contribution in [0, 0.1) is 5.92 Å². The molecular weight excluding hydrogens is 502 g/mol. The van der Waals surface area contributed by atoms with E-state index in [-0.39, 0.29) is 11.8 Å². The first kappa shape index (κ1) is 28.2. The number of fused-ring (bicyclic) bond motifs is 1. The van der Waals surface area contributed by atoms with Gasteiger partial charge in [-0.1, -0.05) is 24.9 Å². The molecule has 2 saturated heterocycles. The number of halogens is 1. The monoisotopic (exact) mass is 541 g/mol. The lowest BCUT2D eigenvalue weighted by molar-refractivity contribution is -0.126. The van der Waals surface area contributed by atoms with Crippen LogP contribution in [0.5, 0.6) is 11.5 Å². The molecule has 0 radical (unpaired) electrons. The van der Waals surface area contributed by atoms with Gasteiger partial charge in [0, 0.05) is 47.1 Å². The van der Waals surface area contributed by atoms with Crippen molar-refractivity contribution in [2.24, 2.45) is 5.92 Å². The smallest absolute Gasteiger partial charge is 0.254 e. The number of carbonyl (C=O) groups excluding carboxylic acids is 2. The van der Waals surface area contributed by atoms with E-state index < -0.39 is 5.54 Å². The molecule has 2 aromatic carbocycles. The van der Waals surface area contributed by atoms with Crippen molar-refractivity contribution < 1.29 is 19.1 Å². The van der Waals surface area contributed by atoms with Gasteiger partial charge in [0.1, 0.15) is 17.0 Å². The van der Waals surface area contributed by atoms with Crippen LogP contribution >= 0.6 is 11.6 Å². The van der Waals surface area contributed by atoms with Crippen molar-refractivity contribution in [1.82, 2.24) is 9.80 Å². The molecule has 2 aliphatic heterocycles. The lowest BCUT2D eigenvalue weighted by Crippen LogP contribution is -2.60. The molecule has 1 N–H and O–H groups in total. The van der Waals surface area contributed by atoms with Crippen LogP contribution in [0.1, 0.15) is 62.7 Å². The van der Waals surface area contributed by atoms with E-state index >= 15 is 0 Å². The topological polar surface area (TPSA) is 71.1 Å². The van der Waals surface area contributed by atoms with Crippen molar-refractivity contribution >= 4 is 29.1 Å². The van der Waals surface area contributed by atoms with Gasteiger partial charge in [0.05, 0.1) is 14.2 Å². The summed E-state index contributed by atoms with van der Waals surface area (Å²) in [7, 11) is 3.14. The van der Waals surface area contributed by atoms with Gasteiger partial charge < -0.3 is 24.6 Å². The van der Waals surface area contributed by atoms with E-state index in [2.05, 4.69) is 10.2 Å². The second kappa shape index (κ2) is 12.4. The largest absolute Gasteiger partial charge is 0.497 e. The zero-order valence-electron chi connectivity index (χ0n) is 23.0. The van der Waals surface area contributed by atoms with Crippen LogP contribution in [-0.2, 0) is 4.79 Å². The van der Waals surface area contributed by atoms with Crippen molar-refractivity contribution in [2.75, 3.05) is 39.2 Å². The molecule has 0 unspecified atom stereocenters. The molecule has 0 bridgehead atoms. The fourth-order valence-electron chi connectivity index (χ4n) is 5.90. The molecule has 2 fully saturated rings. The van der Waals surface area contributed by atoms with Crippen molar-refractivity contribution in [3.8, 4) is 11.5 Å². The molecule has 8 heteroatoms. The molecule has 2 aromatic rings. The Balaban J connectivity index is 1.67. The van der Waals surface area contributed by atoms with Crippen molar-refractivity contribution in [3.05, 3.63) is 53.1 Å². The van der Waals surface area contributed by atoms with E-state index in [1.807, 2.05) is 18.7 Å². The fraction of sp³-hybridized carbons (Fsp3) is 0.533. The lowest BCUT2D eigenvalue weighted by Gasteiger charge is -2.48. The average molecular weight is 542 g/mol. The highest BCUT2D eigenvalue weighted by molar-refractivity contribution is 6.30. The number of amides is 2. The second-order valence-corrected chi connectivity index (χ2v) is 11.0. The van der Waals surface area contributed by atoms with E-state index in [9.17, 15) is 9.59 Å². The van der Waals surface area contributed by atoms with Crippen LogP contribution < -0.4 is 14.8 Å². The Morgan fingerprint density at radius 1 is 1.03 bits per heavy atom. The highest BCUT2D eigenvalue weighted by Crippen LogP contribution is 2.35. The zero-order valence-corrected chi connectivity index (χ0v) is 23.7. The Hall–Kier alpha value is -2.77. The van der Waals surface area contributed by atoms with Gasteiger partial charge in [-0.05, 0) is 82.3 Å².